The number of carbonyl (C=O) groups excluding carboxylic acids is 1. The third-order valence-electron chi connectivity index (χ3n) is 3.09. The summed E-state index contributed by atoms with van der Waals surface area (Å²) in [5, 5.41) is 6.35. The molecule has 1 amide bonds. The van der Waals surface area contributed by atoms with E-state index in [-0.39, 0.29) is 11.9 Å². The van der Waals surface area contributed by atoms with Gasteiger partial charge in [0.05, 0.1) is 0 Å². The van der Waals surface area contributed by atoms with Crippen molar-refractivity contribution in [1.82, 2.24) is 15.6 Å². The zero-order valence-corrected chi connectivity index (χ0v) is 9.44. The fraction of sp³-hybridized carbons (Fsp3) is 0.500. The molecule has 0 aromatic carbocycles. The number of nitrogens with one attached hydrogen (secondary N) is 2. The van der Waals surface area contributed by atoms with E-state index in [9.17, 15) is 4.79 Å². The first-order chi connectivity index (χ1) is 7.77. The summed E-state index contributed by atoms with van der Waals surface area (Å²) < 4.78 is 0. The summed E-state index contributed by atoms with van der Waals surface area (Å²) in [7, 11) is 0. The second kappa shape index (κ2) is 5.07. The standard InChI is InChI=1S/C12H17N3O/c1-9-2-5-14-8-11(9)15-12(16)10-3-6-13-7-4-10/h3-4,6-7,9,11,14H,2,5,8H2,1H3,(H,15,16). The van der Waals surface area contributed by atoms with Crippen LogP contribution in [0.4, 0.5) is 0 Å². The van der Waals surface area contributed by atoms with Crippen LogP contribution in [0.5, 0.6) is 0 Å². The molecule has 2 rings (SSSR count). The first kappa shape index (κ1) is 11.1. The van der Waals surface area contributed by atoms with Gasteiger partial charge in [-0.05, 0) is 31.0 Å². The average molecular weight is 219 g/mol. The predicted octanol–water partition coefficient (Wildman–Crippen LogP) is 0.809. The van der Waals surface area contributed by atoms with Crippen molar-refractivity contribution in [2.75, 3.05) is 13.1 Å². The van der Waals surface area contributed by atoms with Gasteiger partial charge in [0.15, 0.2) is 0 Å². The highest BCUT2D eigenvalue weighted by molar-refractivity contribution is 5.94. The topological polar surface area (TPSA) is 54.0 Å². The number of amides is 1. The molecule has 1 fully saturated rings. The highest BCUT2D eigenvalue weighted by atomic mass is 16.1. The Hall–Kier alpha value is -1.42. The van der Waals surface area contributed by atoms with Gasteiger partial charge in [0.2, 0.25) is 0 Å². The summed E-state index contributed by atoms with van der Waals surface area (Å²) in [5.74, 6) is 0.523. The summed E-state index contributed by atoms with van der Waals surface area (Å²) in [4.78, 5) is 15.8. The number of nitrogens with zero attached hydrogens (tertiary/aromatic N) is 1. The Morgan fingerprint density at radius 1 is 1.50 bits per heavy atom. The van der Waals surface area contributed by atoms with Gasteiger partial charge in [-0.1, -0.05) is 6.92 Å². The SMILES string of the molecule is CC1CCNCC1NC(=O)c1ccncc1. The number of rotatable bonds is 2. The quantitative estimate of drug-likeness (QED) is 0.774. The second-order valence-corrected chi connectivity index (χ2v) is 4.29. The molecule has 0 aliphatic carbocycles. The first-order valence-corrected chi connectivity index (χ1v) is 5.69. The summed E-state index contributed by atoms with van der Waals surface area (Å²) in [5.41, 5.74) is 0.674. The Bertz CT molecular complexity index is 353. The van der Waals surface area contributed by atoms with Crippen molar-refractivity contribution in [3.63, 3.8) is 0 Å². The van der Waals surface area contributed by atoms with Crippen molar-refractivity contribution < 1.29 is 4.79 Å². The van der Waals surface area contributed by atoms with Gasteiger partial charge >= 0.3 is 0 Å². The highest BCUT2D eigenvalue weighted by Crippen LogP contribution is 2.11. The van der Waals surface area contributed by atoms with Crippen LogP contribution in [0.2, 0.25) is 0 Å². The Morgan fingerprint density at radius 3 is 2.94 bits per heavy atom. The van der Waals surface area contributed by atoms with Gasteiger partial charge < -0.3 is 10.6 Å². The number of pyridine rings is 1. The Kier molecular flexibility index (Phi) is 3.51. The molecule has 2 atom stereocenters. The number of carbonyl (C=O) groups is 1. The van der Waals surface area contributed by atoms with E-state index in [4.69, 9.17) is 0 Å². The van der Waals surface area contributed by atoms with E-state index in [1.54, 1.807) is 24.5 Å². The van der Waals surface area contributed by atoms with Crippen molar-refractivity contribution in [3.8, 4) is 0 Å². The van der Waals surface area contributed by atoms with Gasteiger partial charge in [-0.2, -0.15) is 0 Å². The van der Waals surface area contributed by atoms with Gasteiger partial charge in [0, 0.05) is 30.5 Å². The molecular formula is C12H17N3O. The summed E-state index contributed by atoms with van der Waals surface area (Å²) in [6.45, 7) is 4.08. The van der Waals surface area contributed by atoms with Gasteiger partial charge in [0.1, 0.15) is 0 Å². The number of hydrogen-bond acceptors (Lipinski definition) is 3. The first-order valence-electron chi connectivity index (χ1n) is 5.69. The smallest absolute Gasteiger partial charge is 0.251 e. The molecule has 0 radical (unpaired) electrons. The molecule has 4 nitrogen and oxygen atoms in total. The van der Waals surface area contributed by atoms with Crippen LogP contribution in [-0.4, -0.2) is 30.0 Å². The maximum Gasteiger partial charge on any atom is 0.251 e. The van der Waals surface area contributed by atoms with Crippen LogP contribution in [0.3, 0.4) is 0 Å². The number of aromatic nitrogens is 1. The van der Waals surface area contributed by atoms with Crippen molar-refractivity contribution >= 4 is 5.91 Å². The molecule has 2 heterocycles. The minimum Gasteiger partial charge on any atom is -0.348 e. The lowest BCUT2D eigenvalue weighted by Gasteiger charge is -2.30. The predicted molar refractivity (Wildman–Crippen MR) is 62.1 cm³/mol. The molecule has 1 aromatic rings. The molecule has 1 aromatic heterocycles. The van der Waals surface area contributed by atoms with Gasteiger partial charge in [-0.15, -0.1) is 0 Å². The normalized spacial score (nSPS) is 25.1. The molecule has 16 heavy (non-hydrogen) atoms. The molecule has 0 bridgehead atoms. The van der Waals surface area contributed by atoms with Crippen molar-refractivity contribution in [1.29, 1.82) is 0 Å². The van der Waals surface area contributed by atoms with Gasteiger partial charge in [0.25, 0.3) is 5.91 Å². The van der Waals surface area contributed by atoms with Crippen LogP contribution in [0.1, 0.15) is 23.7 Å². The minimum absolute atomic E-state index is 0.0112. The van der Waals surface area contributed by atoms with E-state index < -0.39 is 0 Å². The van der Waals surface area contributed by atoms with Crippen LogP contribution in [-0.2, 0) is 0 Å². The number of piperidine rings is 1. The van der Waals surface area contributed by atoms with Crippen molar-refractivity contribution in [3.05, 3.63) is 30.1 Å². The minimum atomic E-state index is -0.0112. The van der Waals surface area contributed by atoms with E-state index in [1.165, 1.54) is 0 Å². The second-order valence-electron chi connectivity index (χ2n) is 4.29. The third-order valence-corrected chi connectivity index (χ3v) is 3.09. The zero-order valence-electron chi connectivity index (χ0n) is 9.44. The van der Waals surface area contributed by atoms with Crippen LogP contribution in [0.15, 0.2) is 24.5 Å². The van der Waals surface area contributed by atoms with Gasteiger partial charge in [-0.25, -0.2) is 0 Å². The Labute approximate surface area is 95.5 Å². The van der Waals surface area contributed by atoms with E-state index in [2.05, 4.69) is 22.5 Å². The van der Waals surface area contributed by atoms with Gasteiger partial charge in [-0.3, -0.25) is 9.78 Å². The van der Waals surface area contributed by atoms with E-state index >= 15 is 0 Å². The van der Waals surface area contributed by atoms with Crippen molar-refractivity contribution in [2.24, 2.45) is 5.92 Å². The molecular weight excluding hydrogens is 202 g/mol. The summed E-state index contributed by atoms with van der Waals surface area (Å²) >= 11 is 0. The largest absolute Gasteiger partial charge is 0.348 e. The fourth-order valence-corrected chi connectivity index (χ4v) is 1.94. The molecule has 1 aliphatic rings. The van der Waals surface area contributed by atoms with E-state index in [0.29, 0.717) is 11.5 Å². The highest BCUT2D eigenvalue weighted by Gasteiger charge is 2.22. The lowest BCUT2D eigenvalue weighted by molar-refractivity contribution is 0.0915. The van der Waals surface area contributed by atoms with E-state index in [1.807, 2.05) is 0 Å². The summed E-state index contributed by atoms with van der Waals surface area (Å²) in [6, 6.07) is 3.70. The van der Waals surface area contributed by atoms with Crippen LogP contribution in [0, 0.1) is 5.92 Å². The Morgan fingerprint density at radius 2 is 2.25 bits per heavy atom. The molecule has 0 saturated carbocycles. The molecule has 1 saturated heterocycles. The van der Waals surface area contributed by atoms with Crippen LogP contribution < -0.4 is 10.6 Å². The molecule has 4 heteroatoms. The average Bonchev–Trinajstić information content (AvgIpc) is 2.33. The Balaban J connectivity index is 1.96. The maximum atomic E-state index is 11.9. The lowest BCUT2D eigenvalue weighted by Crippen LogP contribution is -2.50. The molecule has 2 unspecified atom stereocenters. The molecule has 86 valence electrons. The molecule has 1 aliphatic heterocycles. The number of hydrogen-bond donors (Lipinski definition) is 2. The maximum absolute atomic E-state index is 11.9. The lowest BCUT2D eigenvalue weighted by atomic mass is 9.94. The van der Waals surface area contributed by atoms with Crippen LogP contribution in [0.25, 0.3) is 0 Å². The third kappa shape index (κ3) is 2.58. The zero-order chi connectivity index (χ0) is 11.4. The molecule has 0 spiro atoms. The van der Waals surface area contributed by atoms with Crippen LogP contribution >= 0.6 is 0 Å². The summed E-state index contributed by atoms with van der Waals surface area (Å²) in [6.07, 6.45) is 4.39. The van der Waals surface area contributed by atoms with Crippen molar-refractivity contribution in [2.45, 2.75) is 19.4 Å². The fourth-order valence-electron chi connectivity index (χ4n) is 1.94. The van der Waals surface area contributed by atoms with E-state index in [0.717, 1.165) is 19.5 Å². The monoisotopic (exact) mass is 219 g/mol. The molecule has 2 N–H and O–H groups in total.